The van der Waals surface area contributed by atoms with Gasteiger partial charge in [0.15, 0.2) is 0 Å². The topological polar surface area (TPSA) is 66.8 Å². The third-order valence-corrected chi connectivity index (χ3v) is 5.29. The highest BCUT2D eigenvalue weighted by Crippen LogP contribution is 2.27. The van der Waals surface area contributed by atoms with Gasteiger partial charge in [-0.15, -0.1) is 11.8 Å². The van der Waals surface area contributed by atoms with Gasteiger partial charge in [0.05, 0.1) is 19.3 Å². The number of unbranched alkanes of at least 4 members (excludes halogenated alkanes) is 3. The maximum atomic E-state index is 12.2. The maximum Gasteiger partial charge on any atom is 0.305 e. The van der Waals surface area contributed by atoms with Crippen LogP contribution >= 0.6 is 0 Å². The molecule has 28 heavy (non-hydrogen) atoms. The molecule has 0 bridgehead atoms. The molecule has 0 aromatic carbocycles. The molecule has 1 rings (SSSR count). The molecule has 0 aromatic heterocycles. The van der Waals surface area contributed by atoms with E-state index in [1.165, 1.54) is 7.11 Å². The van der Waals surface area contributed by atoms with Crippen LogP contribution in [-0.2, 0) is 14.3 Å². The first-order valence-corrected chi connectivity index (χ1v) is 10.5. The zero-order chi connectivity index (χ0) is 21.0. The largest absolute Gasteiger partial charge is 0.469 e. The smallest absolute Gasteiger partial charge is 0.305 e. The van der Waals surface area contributed by atoms with E-state index in [4.69, 9.17) is 0 Å². The first kappa shape index (κ1) is 24.2. The molecule has 0 aliphatic carbocycles. The number of rotatable bonds is 11. The average Bonchev–Trinajstić information content (AvgIpc) is 3.02. The number of aliphatic hydroxyl groups excluding tert-OH is 1. The Morgan fingerprint density at radius 1 is 1.32 bits per heavy atom. The number of hydrogen-bond acceptors (Lipinski definition) is 4. The van der Waals surface area contributed by atoms with Gasteiger partial charge in [0, 0.05) is 37.6 Å². The molecule has 1 aliphatic heterocycles. The molecule has 0 spiro atoms. The maximum absolute atomic E-state index is 12.2. The summed E-state index contributed by atoms with van der Waals surface area (Å²) >= 11 is 0. The quantitative estimate of drug-likeness (QED) is 0.251. The molecule has 1 N–H and O–H groups in total. The number of carbonyl (C=O) groups is 2. The summed E-state index contributed by atoms with van der Waals surface area (Å²) in [7, 11) is 1.41. The van der Waals surface area contributed by atoms with Gasteiger partial charge in [-0.1, -0.05) is 45.8 Å². The van der Waals surface area contributed by atoms with Gasteiger partial charge in [-0.25, -0.2) is 0 Å². The third-order valence-electron chi connectivity index (χ3n) is 5.29. The summed E-state index contributed by atoms with van der Waals surface area (Å²) in [5.41, 5.74) is -0.314. The summed E-state index contributed by atoms with van der Waals surface area (Å²) in [4.78, 5) is 25.2. The fourth-order valence-corrected chi connectivity index (χ4v) is 3.27. The Morgan fingerprint density at radius 2 is 2.04 bits per heavy atom. The zero-order valence-corrected chi connectivity index (χ0v) is 18.0. The van der Waals surface area contributed by atoms with Crippen LogP contribution in [0.3, 0.4) is 0 Å². The molecule has 1 aliphatic rings. The van der Waals surface area contributed by atoms with E-state index < -0.39 is 6.10 Å². The van der Waals surface area contributed by atoms with E-state index >= 15 is 0 Å². The van der Waals surface area contributed by atoms with E-state index in [-0.39, 0.29) is 23.3 Å². The number of hydrogen-bond donors (Lipinski definition) is 1. The van der Waals surface area contributed by atoms with E-state index in [9.17, 15) is 14.7 Å². The second kappa shape index (κ2) is 12.6. The van der Waals surface area contributed by atoms with Gasteiger partial charge >= 0.3 is 5.97 Å². The Labute approximate surface area is 170 Å². The van der Waals surface area contributed by atoms with Crippen LogP contribution in [0.25, 0.3) is 0 Å². The highest BCUT2D eigenvalue weighted by atomic mass is 16.5. The Hall–Kier alpha value is -1.80. The van der Waals surface area contributed by atoms with Crippen LogP contribution in [0.1, 0.15) is 78.6 Å². The lowest BCUT2D eigenvalue weighted by molar-refractivity contribution is -0.140. The Kier molecular flexibility index (Phi) is 10.9. The fraction of sp³-hybridized carbons (Fsp3) is 0.739. The van der Waals surface area contributed by atoms with Crippen molar-refractivity contribution in [2.45, 2.75) is 90.7 Å². The van der Waals surface area contributed by atoms with Crippen molar-refractivity contribution in [2.24, 2.45) is 5.41 Å². The molecule has 2 atom stereocenters. The number of likely N-dealkylation sites (tertiary alicyclic amines) is 1. The highest BCUT2D eigenvalue weighted by molar-refractivity contribution is 5.79. The monoisotopic (exact) mass is 391 g/mol. The van der Waals surface area contributed by atoms with Crippen LogP contribution in [0.5, 0.6) is 0 Å². The van der Waals surface area contributed by atoms with Gasteiger partial charge in [0.25, 0.3) is 0 Å². The van der Waals surface area contributed by atoms with Gasteiger partial charge in [0.1, 0.15) is 0 Å². The Bertz CT molecular complexity index is 585. The number of amides is 1. The van der Waals surface area contributed by atoms with Crippen molar-refractivity contribution in [3.8, 4) is 11.8 Å². The van der Waals surface area contributed by atoms with Crippen molar-refractivity contribution < 1.29 is 19.4 Å². The van der Waals surface area contributed by atoms with Crippen molar-refractivity contribution in [1.82, 2.24) is 4.90 Å². The summed E-state index contributed by atoms with van der Waals surface area (Å²) < 4.78 is 4.64. The zero-order valence-electron chi connectivity index (χ0n) is 18.0. The number of ether oxygens (including phenoxy) is 1. The molecule has 5 nitrogen and oxygen atoms in total. The molecule has 0 saturated carbocycles. The lowest BCUT2D eigenvalue weighted by atomic mass is 9.83. The van der Waals surface area contributed by atoms with E-state index in [2.05, 4.69) is 16.6 Å². The predicted molar refractivity (Wildman–Crippen MR) is 111 cm³/mol. The fourth-order valence-electron chi connectivity index (χ4n) is 3.27. The van der Waals surface area contributed by atoms with Gasteiger partial charge in [-0.05, 0) is 19.3 Å². The van der Waals surface area contributed by atoms with Gasteiger partial charge in [-0.3, -0.25) is 9.59 Å². The molecule has 1 heterocycles. The van der Waals surface area contributed by atoms with Crippen LogP contribution < -0.4 is 0 Å². The summed E-state index contributed by atoms with van der Waals surface area (Å²) in [5.74, 6) is 6.19. The standard InChI is InChI=1S/C23H37NO4/c1-5-6-10-17-23(2,3)20(25)15-13-19-14-16-21(26)24(19)18-11-8-7-9-12-22(27)28-4/h13,15,19-20,25H,5,7-9,11-12,14,16-18H2,1-4H3. The molecule has 1 fully saturated rings. The molecular weight excluding hydrogens is 354 g/mol. The molecule has 2 unspecified atom stereocenters. The second-order valence-electron chi connectivity index (χ2n) is 8.14. The lowest BCUT2D eigenvalue weighted by Gasteiger charge is -2.27. The molecule has 5 heteroatoms. The lowest BCUT2D eigenvalue weighted by Crippen LogP contribution is -2.33. The van der Waals surface area contributed by atoms with E-state index in [1.807, 2.05) is 37.8 Å². The third kappa shape index (κ3) is 8.48. The molecule has 0 radical (unpaired) electrons. The first-order chi connectivity index (χ1) is 13.3. The van der Waals surface area contributed by atoms with Crippen LogP contribution in [0.2, 0.25) is 0 Å². The van der Waals surface area contributed by atoms with Crippen LogP contribution in [0.15, 0.2) is 12.2 Å². The number of nitrogens with zero attached hydrogens (tertiary/aromatic N) is 1. The van der Waals surface area contributed by atoms with Gasteiger partial charge in [0.2, 0.25) is 5.91 Å². The van der Waals surface area contributed by atoms with Crippen molar-refractivity contribution in [1.29, 1.82) is 0 Å². The molecule has 0 aromatic rings. The summed E-state index contributed by atoms with van der Waals surface area (Å²) in [6.07, 6.45) is 10.2. The second-order valence-corrected chi connectivity index (χ2v) is 8.14. The van der Waals surface area contributed by atoms with Crippen molar-refractivity contribution in [3.63, 3.8) is 0 Å². The number of methoxy groups -OCH3 is 1. The van der Waals surface area contributed by atoms with E-state index in [1.54, 1.807) is 0 Å². The highest BCUT2D eigenvalue weighted by Gasteiger charge is 2.30. The van der Waals surface area contributed by atoms with Crippen molar-refractivity contribution in [2.75, 3.05) is 13.7 Å². The minimum Gasteiger partial charge on any atom is -0.469 e. The number of esters is 1. The van der Waals surface area contributed by atoms with Crippen molar-refractivity contribution in [3.05, 3.63) is 12.2 Å². The van der Waals surface area contributed by atoms with E-state index in [0.29, 0.717) is 19.3 Å². The Morgan fingerprint density at radius 3 is 2.71 bits per heavy atom. The summed E-state index contributed by atoms with van der Waals surface area (Å²) in [6.45, 7) is 6.77. The van der Waals surface area contributed by atoms with E-state index in [0.717, 1.165) is 45.1 Å². The molecule has 1 amide bonds. The summed E-state index contributed by atoms with van der Waals surface area (Å²) in [5, 5.41) is 10.5. The molecule has 1 saturated heterocycles. The average molecular weight is 392 g/mol. The van der Waals surface area contributed by atoms with Gasteiger partial charge < -0.3 is 14.7 Å². The number of carbonyl (C=O) groups excluding carboxylic acids is 2. The van der Waals surface area contributed by atoms with Gasteiger partial charge in [-0.2, -0.15) is 0 Å². The first-order valence-electron chi connectivity index (χ1n) is 10.5. The van der Waals surface area contributed by atoms with Crippen LogP contribution in [0.4, 0.5) is 0 Å². The molecular formula is C23H37NO4. The SMILES string of the molecule is CCC#CCC(C)(C)C(O)C=CC1CCC(=O)N1CCCCCCC(=O)OC. The van der Waals surface area contributed by atoms with Crippen LogP contribution in [0, 0.1) is 17.3 Å². The normalized spacial score (nSPS) is 18.2. The Balaban J connectivity index is 2.45. The molecule has 158 valence electrons. The van der Waals surface area contributed by atoms with Crippen LogP contribution in [-0.4, -0.2) is 47.7 Å². The minimum atomic E-state index is -0.588. The number of aliphatic hydroxyl groups is 1. The summed E-state index contributed by atoms with van der Waals surface area (Å²) in [6, 6.07) is 0.0646. The minimum absolute atomic E-state index is 0.0646. The van der Waals surface area contributed by atoms with Crippen molar-refractivity contribution >= 4 is 11.9 Å². The predicted octanol–water partition coefficient (Wildman–Crippen LogP) is 3.85.